The molecule has 11 nitrogen and oxygen atoms in total. The van der Waals surface area contributed by atoms with Crippen LogP contribution >= 0.6 is 20.0 Å². The number of hydrogen-bond acceptors (Lipinski definition) is 11. The number of ether oxygens (including phenoxy) is 2. The highest BCUT2D eigenvalue weighted by Gasteiger charge is 2.28. The molecule has 244 valence electrons. The number of para-hydroxylation sites is 1. The fourth-order valence-electron chi connectivity index (χ4n) is 5.79. The zero-order chi connectivity index (χ0) is 31.6. The zero-order valence-electron chi connectivity index (χ0n) is 26.7. The lowest BCUT2D eigenvalue weighted by atomic mass is 10.0. The third-order valence-corrected chi connectivity index (χ3v) is 9.98. The summed E-state index contributed by atoms with van der Waals surface area (Å²) in [5.41, 5.74) is 2.73. The molecule has 0 saturated carbocycles. The van der Waals surface area contributed by atoms with Gasteiger partial charge in [0.05, 0.1) is 29.5 Å². The molecule has 2 aromatic carbocycles. The van der Waals surface area contributed by atoms with Crippen LogP contribution in [0.2, 0.25) is 5.02 Å². The van der Waals surface area contributed by atoms with Crippen molar-refractivity contribution < 1.29 is 18.5 Å². The second-order valence-electron chi connectivity index (χ2n) is 11.2. The molecular weight excluding hydrogens is 613 g/mol. The van der Waals surface area contributed by atoms with E-state index in [4.69, 9.17) is 30.1 Å². The fraction of sp³-hybridized carbons (Fsp3) is 0.500. The Balaban J connectivity index is 1.30. The number of piperidine rings is 1. The van der Waals surface area contributed by atoms with Gasteiger partial charge in [-0.05, 0) is 44.2 Å². The molecule has 2 saturated heterocycles. The number of likely N-dealkylation sites (N-methyl/N-ethyl adjacent to an activating group) is 1. The standard InChI is InChI=1S/C32H45ClN7O4P/c1-38-16-18-39(19-17-38)25-12-14-40(15-13-25)28-11-10-24(22-29(28)44-21-7-20-41-2)35-32-34-23-26(33)31(37-32)36-27-8-5-6-9-30(27)45(42-3)43-4/h5-6,8-11,22-23,25H,7,12-21H2,1-4H3,(H2,34,35,36,37). The van der Waals surface area contributed by atoms with E-state index in [0.29, 0.717) is 36.0 Å². The number of piperazine rings is 1. The van der Waals surface area contributed by atoms with Gasteiger partial charge in [-0.3, -0.25) is 4.90 Å². The normalized spacial score (nSPS) is 16.7. The summed E-state index contributed by atoms with van der Waals surface area (Å²) in [6, 6.07) is 14.6. The van der Waals surface area contributed by atoms with Gasteiger partial charge in [0.15, 0.2) is 5.82 Å². The molecule has 3 aromatic rings. The van der Waals surface area contributed by atoms with E-state index < -0.39 is 8.38 Å². The Bertz CT molecular complexity index is 1370. The smallest absolute Gasteiger partial charge is 0.229 e. The number of aromatic nitrogens is 2. The van der Waals surface area contributed by atoms with Crippen LogP contribution in [0.4, 0.5) is 28.8 Å². The maximum absolute atomic E-state index is 6.52. The first-order chi connectivity index (χ1) is 22.0. The van der Waals surface area contributed by atoms with Crippen molar-refractivity contribution in [2.24, 2.45) is 0 Å². The highest BCUT2D eigenvalue weighted by Crippen LogP contribution is 2.39. The summed E-state index contributed by atoms with van der Waals surface area (Å²) in [6.07, 6.45) is 4.70. The van der Waals surface area contributed by atoms with Crippen LogP contribution in [-0.4, -0.2) is 107 Å². The number of hydrogen-bond donors (Lipinski definition) is 2. The van der Waals surface area contributed by atoms with E-state index in [1.165, 1.54) is 0 Å². The first-order valence-electron chi connectivity index (χ1n) is 15.5. The summed E-state index contributed by atoms with van der Waals surface area (Å²) in [5.74, 6) is 1.72. The number of halogens is 1. The average Bonchev–Trinajstić information content (AvgIpc) is 3.06. The molecule has 2 fully saturated rings. The number of rotatable bonds is 14. The minimum Gasteiger partial charge on any atom is -0.491 e. The molecule has 0 spiro atoms. The van der Waals surface area contributed by atoms with Gasteiger partial charge in [0.1, 0.15) is 10.8 Å². The Morgan fingerprint density at radius 3 is 2.42 bits per heavy atom. The second-order valence-corrected chi connectivity index (χ2v) is 13.3. The van der Waals surface area contributed by atoms with Crippen LogP contribution in [0.3, 0.4) is 0 Å². The Hall–Kier alpha value is -2.76. The Labute approximate surface area is 273 Å². The molecule has 0 aliphatic carbocycles. The van der Waals surface area contributed by atoms with Gasteiger partial charge in [0.25, 0.3) is 0 Å². The molecule has 45 heavy (non-hydrogen) atoms. The molecule has 3 heterocycles. The molecule has 0 amide bonds. The third-order valence-electron chi connectivity index (χ3n) is 8.26. The quantitative estimate of drug-likeness (QED) is 0.170. The van der Waals surface area contributed by atoms with Crippen molar-refractivity contribution in [3.05, 3.63) is 53.7 Å². The first-order valence-corrected chi connectivity index (χ1v) is 17.0. The number of benzene rings is 2. The van der Waals surface area contributed by atoms with Crippen molar-refractivity contribution in [3.8, 4) is 5.75 Å². The number of methoxy groups -OCH3 is 1. The molecule has 0 unspecified atom stereocenters. The molecule has 5 rings (SSSR count). The van der Waals surface area contributed by atoms with E-state index in [0.717, 1.165) is 86.6 Å². The average molecular weight is 658 g/mol. The Morgan fingerprint density at radius 1 is 0.933 bits per heavy atom. The van der Waals surface area contributed by atoms with Gasteiger partial charge in [-0.1, -0.05) is 23.7 Å². The van der Waals surface area contributed by atoms with Crippen molar-refractivity contribution >= 4 is 54.1 Å². The van der Waals surface area contributed by atoms with Crippen molar-refractivity contribution in [2.45, 2.75) is 25.3 Å². The monoisotopic (exact) mass is 657 g/mol. The van der Waals surface area contributed by atoms with Crippen molar-refractivity contribution in [1.82, 2.24) is 19.8 Å². The molecular formula is C32H45ClN7O4P. The van der Waals surface area contributed by atoms with Crippen LogP contribution in [0.1, 0.15) is 19.3 Å². The lowest BCUT2D eigenvalue weighted by molar-refractivity contribution is 0.0981. The topological polar surface area (TPSA) is 96.5 Å². The highest BCUT2D eigenvalue weighted by molar-refractivity contribution is 7.56. The molecule has 0 atom stereocenters. The lowest BCUT2D eigenvalue weighted by Gasteiger charge is -2.42. The van der Waals surface area contributed by atoms with E-state index in [1.54, 1.807) is 27.5 Å². The maximum Gasteiger partial charge on any atom is 0.229 e. The third kappa shape index (κ3) is 8.95. The fourth-order valence-corrected chi connectivity index (χ4v) is 7.01. The lowest BCUT2D eigenvalue weighted by Crippen LogP contribution is -2.52. The minimum atomic E-state index is -1.25. The molecule has 1 aromatic heterocycles. The summed E-state index contributed by atoms with van der Waals surface area (Å²) in [4.78, 5) is 16.7. The summed E-state index contributed by atoms with van der Waals surface area (Å²) in [5, 5.41) is 7.96. The van der Waals surface area contributed by atoms with Gasteiger partial charge in [0.2, 0.25) is 14.3 Å². The van der Waals surface area contributed by atoms with Crippen molar-refractivity contribution in [1.29, 1.82) is 0 Å². The van der Waals surface area contributed by atoms with Crippen molar-refractivity contribution in [2.75, 3.05) is 96.4 Å². The van der Waals surface area contributed by atoms with E-state index >= 15 is 0 Å². The maximum atomic E-state index is 6.52. The second kappa shape index (κ2) is 16.7. The predicted octanol–water partition coefficient (Wildman–Crippen LogP) is 5.48. The Morgan fingerprint density at radius 2 is 1.69 bits per heavy atom. The summed E-state index contributed by atoms with van der Waals surface area (Å²) in [6.45, 7) is 7.85. The van der Waals surface area contributed by atoms with Crippen LogP contribution < -0.4 is 25.6 Å². The zero-order valence-corrected chi connectivity index (χ0v) is 28.3. The van der Waals surface area contributed by atoms with Gasteiger partial charge in [0, 0.05) is 91.4 Å². The van der Waals surface area contributed by atoms with Crippen LogP contribution in [0.25, 0.3) is 0 Å². The van der Waals surface area contributed by atoms with Crippen LogP contribution in [0, 0.1) is 0 Å². The van der Waals surface area contributed by atoms with Gasteiger partial charge >= 0.3 is 0 Å². The summed E-state index contributed by atoms with van der Waals surface area (Å²) in [7, 11) is 5.93. The number of anilines is 5. The predicted molar refractivity (Wildman–Crippen MR) is 183 cm³/mol. The molecule has 13 heteroatoms. The van der Waals surface area contributed by atoms with Gasteiger partial charge in [-0.25, -0.2) is 4.98 Å². The number of nitrogens with zero attached hydrogens (tertiary/aromatic N) is 5. The van der Waals surface area contributed by atoms with Crippen LogP contribution in [0.5, 0.6) is 5.75 Å². The molecule has 0 radical (unpaired) electrons. The van der Waals surface area contributed by atoms with Gasteiger partial charge < -0.3 is 39.0 Å². The first kappa shape index (κ1) is 33.6. The molecule has 2 aliphatic rings. The van der Waals surface area contributed by atoms with E-state index in [-0.39, 0.29) is 0 Å². The highest BCUT2D eigenvalue weighted by atomic mass is 35.5. The summed E-state index contributed by atoms with van der Waals surface area (Å²) < 4.78 is 22.7. The molecule has 2 N–H and O–H groups in total. The SMILES string of the molecule is COCCCOc1cc(Nc2ncc(Cl)c(Nc3ccccc3P(OC)OC)n2)ccc1N1CCC(N2CCN(C)CC2)CC1. The van der Waals surface area contributed by atoms with E-state index in [9.17, 15) is 0 Å². The number of nitrogens with one attached hydrogen (secondary N) is 2. The largest absolute Gasteiger partial charge is 0.491 e. The molecule has 2 aliphatic heterocycles. The minimum absolute atomic E-state index is 0.395. The van der Waals surface area contributed by atoms with E-state index in [1.807, 2.05) is 30.3 Å². The van der Waals surface area contributed by atoms with Gasteiger partial charge in [-0.15, -0.1) is 0 Å². The Kier molecular flexibility index (Phi) is 12.5. The summed E-state index contributed by atoms with van der Waals surface area (Å²) >= 11 is 6.52. The van der Waals surface area contributed by atoms with E-state index in [2.05, 4.69) is 54.5 Å². The van der Waals surface area contributed by atoms with Crippen molar-refractivity contribution in [3.63, 3.8) is 0 Å². The van der Waals surface area contributed by atoms with Crippen LogP contribution in [-0.2, 0) is 13.8 Å². The van der Waals surface area contributed by atoms with Gasteiger partial charge in [-0.2, -0.15) is 4.98 Å². The van der Waals surface area contributed by atoms with Crippen LogP contribution in [0.15, 0.2) is 48.7 Å². The molecule has 0 bridgehead atoms.